The van der Waals surface area contributed by atoms with Gasteiger partial charge in [-0.05, 0) is 31.3 Å². The summed E-state index contributed by atoms with van der Waals surface area (Å²) in [5.41, 5.74) is 2.18. The van der Waals surface area contributed by atoms with Crippen molar-refractivity contribution in [2.24, 2.45) is 7.05 Å². The Morgan fingerprint density at radius 2 is 1.79 bits per heavy atom. The smallest absolute Gasteiger partial charge is 0.291 e. The zero-order valence-corrected chi connectivity index (χ0v) is 16.6. The quantitative estimate of drug-likeness (QED) is 0.692. The van der Waals surface area contributed by atoms with Crippen molar-refractivity contribution >= 4 is 28.8 Å². The minimum atomic E-state index is -0.441. The van der Waals surface area contributed by atoms with Gasteiger partial charge in [0.05, 0.1) is 6.26 Å². The van der Waals surface area contributed by atoms with E-state index in [1.54, 1.807) is 23.1 Å². The number of nitrogens with one attached hydrogen (secondary N) is 1. The third kappa shape index (κ3) is 3.95. The molecule has 29 heavy (non-hydrogen) atoms. The van der Waals surface area contributed by atoms with Crippen LogP contribution in [0.5, 0.6) is 0 Å². The molecule has 0 bridgehead atoms. The van der Waals surface area contributed by atoms with E-state index < -0.39 is 5.91 Å². The molecular weight excluding hydrogens is 368 g/mol. The molecule has 0 spiro atoms. The fraction of sp³-hybridized carbons (Fsp3) is 0.273. The van der Waals surface area contributed by atoms with Gasteiger partial charge >= 0.3 is 0 Å². The summed E-state index contributed by atoms with van der Waals surface area (Å²) in [4.78, 5) is 29.8. The number of para-hydroxylation sites is 1. The van der Waals surface area contributed by atoms with Gasteiger partial charge in [0.15, 0.2) is 5.76 Å². The van der Waals surface area contributed by atoms with Gasteiger partial charge in [-0.3, -0.25) is 9.59 Å². The van der Waals surface area contributed by atoms with E-state index in [1.807, 2.05) is 49.1 Å². The number of nitrogens with zero attached hydrogens (tertiary/aromatic N) is 3. The van der Waals surface area contributed by atoms with E-state index in [-0.39, 0.29) is 17.4 Å². The second kappa shape index (κ2) is 7.97. The maximum absolute atomic E-state index is 13.2. The average molecular weight is 392 g/mol. The highest BCUT2D eigenvalue weighted by atomic mass is 16.3. The van der Waals surface area contributed by atoms with Gasteiger partial charge in [0.1, 0.15) is 5.70 Å². The average Bonchev–Trinajstić information content (AvgIpc) is 3.37. The molecule has 0 atom stereocenters. The molecule has 1 aliphatic heterocycles. The summed E-state index contributed by atoms with van der Waals surface area (Å²) in [6.45, 7) is 2.86. The van der Waals surface area contributed by atoms with E-state index in [9.17, 15) is 9.59 Å². The van der Waals surface area contributed by atoms with Crippen molar-refractivity contribution in [1.29, 1.82) is 0 Å². The molecule has 2 aromatic heterocycles. The van der Waals surface area contributed by atoms with Gasteiger partial charge < -0.3 is 24.1 Å². The summed E-state index contributed by atoms with van der Waals surface area (Å²) in [6, 6.07) is 11.2. The lowest BCUT2D eigenvalue weighted by molar-refractivity contribution is -0.128. The van der Waals surface area contributed by atoms with Crippen LogP contribution in [0, 0.1) is 0 Å². The summed E-state index contributed by atoms with van der Waals surface area (Å²) in [5.74, 6) is -0.463. The Bertz CT molecular complexity index is 1060. The molecule has 1 saturated heterocycles. The summed E-state index contributed by atoms with van der Waals surface area (Å²) in [5, 5.41) is 3.78. The Hall–Kier alpha value is -3.32. The maximum Gasteiger partial charge on any atom is 0.291 e. The van der Waals surface area contributed by atoms with Gasteiger partial charge in [-0.1, -0.05) is 18.2 Å². The van der Waals surface area contributed by atoms with E-state index in [1.165, 1.54) is 6.26 Å². The third-order valence-electron chi connectivity index (χ3n) is 5.24. The number of furan rings is 1. The molecule has 0 aliphatic carbocycles. The lowest BCUT2D eigenvalue weighted by atomic mass is 10.1. The summed E-state index contributed by atoms with van der Waals surface area (Å²) >= 11 is 0. The molecule has 1 fully saturated rings. The number of rotatable bonds is 4. The first-order chi connectivity index (χ1) is 14.0. The number of carbonyl (C=O) groups excluding carboxylic acids is 2. The van der Waals surface area contributed by atoms with Crippen LogP contribution >= 0.6 is 0 Å². The highest BCUT2D eigenvalue weighted by molar-refractivity contribution is 6.06. The van der Waals surface area contributed by atoms with Crippen LogP contribution < -0.4 is 5.32 Å². The molecule has 7 nitrogen and oxygen atoms in total. The molecule has 0 radical (unpaired) electrons. The van der Waals surface area contributed by atoms with Gasteiger partial charge in [0.25, 0.3) is 11.8 Å². The number of aryl methyl sites for hydroxylation is 1. The Kier molecular flexibility index (Phi) is 5.22. The fourth-order valence-corrected chi connectivity index (χ4v) is 3.57. The van der Waals surface area contributed by atoms with Crippen molar-refractivity contribution in [1.82, 2.24) is 19.7 Å². The maximum atomic E-state index is 13.2. The van der Waals surface area contributed by atoms with Gasteiger partial charge in [0.2, 0.25) is 0 Å². The van der Waals surface area contributed by atoms with Crippen molar-refractivity contribution < 1.29 is 14.0 Å². The zero-order chi connectivity index (χ0) is 20.4. The minimum absolute atomic E-state index is 0.167. The molecule has 1 aliphatic rings. The lowest BCUT2D eigenvalue weighted by Crippen LogP contribution is -2.49. The van der Waals surface area contributed by atoms with Crippen LogP contribution in [0.1, 0.15) is 16.1 Å². The Morgan fingerprint density at radius 1 is 1.03 bits per heavy atom. The molecular formula is C22H24N4O3. The van der Waals surface area contributed by atoms with Crippen molar-refractivity contribution in [3.8, 4) is 0 Å². The van der Waals surface area contributed by atoms with E-state index >= 15 is 0 Å². The minimum Gasteiger partial charge on any atom is -0.459 e. The lowest BCUT2D eigenvalue weighted by Gasteiger charge is -2.32. The number of piperazine rings is 1. The first-order valence-corrected chi connectivity index (χ1v) is 9.61. The van der Waals surface area contributed by atoms with Crippen molar-refractivity contribution in [3.05, 3.63) is 65.9 Å². The third-order valence-corrected chi connectivity index (χ3v) is 5.24. The highest BCUT2D eigenvalue weighted by Gasteiger charge is 2.24. The van der Waals surface area contributed by atoms with Crippen molar-refractivity contribution in [3.63, 3.8) is 0 Å². The van der Waals surface area contributed by atoms with Gasteiger partial charge in [0, 0.05) is 55.9 Å². The van der Waals surface area contributed by atoms with Crippen molar-refractivity contribution in [2.45, 2.75) is 0 Å². The van der Waals surface area contributed by atoms with Crippen LogP contribution in [0.3, 0.4) is 0 Å². The SMILES string of the molecule is CN1CCN(C(=O)C(=Cc2cn(C)c3ccccc23)NC(=O)c2ccco2)CC1. The summed E-state index contributed by atoms with van der Waals surface area (Å²) < 4.78 is 7.19. The molecule has 3 aromatic rings. The molecule has 0 unspecified atom stereocenters. The molecule has 1 aromatic carbocycles. The zero-order valence-electron chi connectivity index (χ0n) is 16.6. The van der Waals surface area contributed by atoms with E-state index in [2.05, 4.69) is 10.2 Å². The topological polar surface area (TPSA) is 70.7 Å². The number of hydrogen-bond donors (Lipinski definition) is 1. The molecule has 7 heteroatoms. The number of hydrogen-bond acceptors (Lipinski definition) is 4. The predicted octanol–water partition coefficient (Wildman–Crippen LogP) is 2.32. The normalized spacial score (nSPS) is 15.7. The highest BCUT2D eigenvalue weighted by Crippen LogP contribution is 2.23. The second-order valence-corrected chi connectivity index (χ2v) is 7.30. The van der Waals surface area contributed by atoms with Crippen LogP contribution in [0.4, 0.5) is 0 Å². The van der Waals surface area contributed by atoms with E-state index in [0.717, 1.165) is 29.6 Å². The molecule has 1 N–H and O–H groups in total. The number of fused-ring (bicyclic) bond motifs is 1. The Balaban J connectivity index is 1.69. The first kappa shape index (κ1) is 19.0. The van der Waals surface area contributed by atoms with Crippen LogP contribution in [-0.2, 0) is 11.8 Å². The summed E-state index contributed by atoms with van der Waals surface area (Å²) in [6.07, 6.45) is 5.15. The molecule has 2 amide bonds. The molecule has 3 heterocycles. The Morgan fingerprint density at radius 3 is 2.52 bits per heavy atom. The van der Waals surface area contributed by atoms with Crippen LogP contribution in [0.2, 0.25) is 0 Å². The van der Waals surface area contributed by atoms with Gasteiger partial charge in [-0.25, -0.2) is 0 Å². The molecule has 150 valence electrons. The molecule has 0 saturated carbocycles. The van der Waals surface area contributed by atoms with Gasteiger partial charge in [-0.2, -0.15) is 0 Å². The van der Waals surface area contributed by atoms with Crippen LogP contribution in [0.15, 0.2) is 59.0 Å². The number of carbonyl (C=O) groups is 2. The number of aromatic nitrogens is 1. The van der Waals surface area contributed by atoms with Crippen LogP contribution in [-0.4, -0.2) is 59.4 Å². The standard InChI is InChI=1S/C22H24N4O3/c1-24-9-11-26(12-10-24)22(28)18(23-21(27)20-8-5-13-29-20)14-16-15-25(2)19-7-4-3-6-17(16)19/h3-8,13-15H,9-12H2,1-2H3,(H,23,27). The van der Waals surface area contributed by atoms with Crippen LogP contribution in [0.25, 0.3) is 17.0 Å². The number of amides is 2. The number of benzene rings is 1. The predicted molar refractivity (Wildman–Crippen MR) is 111 cm³/mol. The van der Waals surface area contributed by atoms with Crippen molar-refractivity contribution in [2.75, 3.05) is 33.2 Å². The van der Waals surface area contributed by atoms with Gasteiger partial charge in [-0.15, -0.1) is 0 Å². The fourth-order valence-electron chi connectivity index (χ4n) is 3.57. The van der Waals surface area contributed by atoms with E-state index in [4.69, 9.17) is 4.42 Å². The largest absolute Gasteiger partial charge is 0.459 e. The summed E-state index contributed by atoms with van der Waals surface area (Å²) in [7, 11) is 4.00. The first-order valence-electron chi connectivity index (χ1n) is 9.61. The molecule has 4 rings (SSSR count). The van der Waals surface area contributed by atoms with E-state index in [0.29, 0.717) is 13.1 Å². The second-order valence-electron chi connectivity index (χ2n) is 7.30. The number of likely N-dealkylation sites (N-methyl/N-ethyl adjacent to an activating group) is 1. The Labute approximate surface area is 169 Å². The monoisotopic (exact) mass is 392 g/mol.